The summed E-state index contributed by atoms with van der Waals surface area (Å²) in [6.45, 7) is 4.83. The molecule has 322 valence electrons. The maximum Gasteiger partial charge on any atom is 0.472 e. The predicted octanol–water partition coefficient (Wildman–Crippen LogP) is 13.6. The van der Waals surface area contributed by atoms with E-state index in [1.54, 1.807) is 0 Å². The van der Waals surface area contributed by atoms with Gasteiger partial charge in [-0.1, -0.05) is 172 Å². The van der Waals surface area contributed by atoms with Crippen molar-refractivity contribution in [2.75, 3.05) is 33.0 Å². The van der Waals surface area contributed by atoms with Crippen LogP contribution < -0.4 is 5.73 Å². The first-order valence-corrected chi connectivity index (χ1v) is 24.1. The second-order valence-corrected chi connectivity index (χ2v) is 16.4. The Labute approximate surface area is 339 Å². The summed E-state index contributed by atoms with van der Waals surface area (Å²) in [5.74, 6) is -0.344. The highest BCUT2D eigenvalue weighted by Crippen LogP contribution is 2.43. The molecule has 0 saturated heterocycles. The van der Waals surface area contributed by atoms with Crippen LogP contribution in [0.3, 0.4) is 0 Å². The lowest BCUT2D eigenvalue weighted by Gasteiger charge is -2.20. The fourth-order valence-electron chi connectivity index (χ4n) is 6.12. The third kappa shape index (κ3) is 43.4. The third-order valence-electron chi connectivity index (χ3n) is 9.45. The van der Waals surface area contributed by atoms with Crippen LogP contribution in [0.5, 0.6) is 0 Å². The van der Waals surface area contributed by atoms with Crippen molar-refractivity contribution in [2.45, 2.75) is 206 Å². The van der Waals surface area contributed by atoms with E-state index in [1.807, 2.05) is 0 Å². The van der Waals surface area contributed by atoms with Gasteiger partial charge in [0.05, 0.1) is 19.8 Å². The normalized spacial score (nSPS) is 13.9. The lowest BCUT2D eigenvalue weighted by atomic mass is 10.1. The van der Waals surface area contributed by atoms with E-state index in [2.05, 4.69) is 62.5 Å². The van der Waals surface area contributed by atoms with Crippen LogP contribution in [0.25, 0.3) is 0 Å². The molecule has 3 N–H and O–H groups in total. The molecular weight excluding hydrogens is 709 g/mol. The predicted molar refractivity (Wildman–Crippen MR) is 233 cm³/mol. The van der Waals surface area contributed by atoms with E-state index in [-0.39, 0.29) is 32.3 Å². The number of phosphoric ester groups is 1. The summed E-state index contributed by atoms with van der Waals surface area (Å²) < 4.78 is 33.4. The van der Waals surface area contributed by atoms with Gasteiger partial charge in [0.2, 0.25) is 0 Å². The quantitative estimate of drug-likeness (QED) is 0.0271. The van der Waals surface area contributed by atoms with Gasteiger partial charge in [0.15, 0.2) is 0 Å². The van der Waals surface area contributed by atoms with Gasteiger partial charge in [0.25, 0.3) is 0 Å². The van der Waals surface area contributed by atoms with Crippen LogP contribution in [0.1, 0.15) is 200 Å². The number of ether oxygens (including phenoxy) is 2. The number of carbonyl (C=O) groups is 1. The van der Waals surface area contributed by atoms with Crippen molar-refractivity contribution in [1.29, 1.82) is 0 Å². The molecule has 55 heavy (non-hydrogen) atoms. The zero-order chi connectivity index (χ0) is 40.2. The lowest BCUT2D eigenvalue weighted by molar-refractivity contribution is -0.154. The lowest BCUT2D eigenvalue weighted by Crippen LogP contribution is -2.28. The molecule has 0 aromatic rings. The summed E-state index contributed by atoms with van der Waals surface area (Å²) in [6, 6.07) is 0. The first-order chi connectivity index (χ1) is 26.9. The molecule has 0 spiro atoms. The fraction of sp³-hybridized carbons (Fsp3) is 0.804. The van der Waals surface area contributed by atoms with Gasteiger partial charge in [-0.15, -0.1) is 0 Å². The average Bonchev–Trinajstić information content (AvgIpc) is 3.17. The highest BCUT2D eigenvalue weighted by atomic mass is 31.2. The SMILES string of the molecule is CCC/C=C\CCCCCCCC(=O)OC(COCCCCCCCCCCCCC/C=C\C/C=C\C/C=C\CCCCCCC)COP(=O)(O)OCCN. The number of unbranched alkanes of at least 4 members (excludes halogenated alkanes) is 22. The van der Waals surface area contributed by atoms with Crippen LogP contribution in [-0.4, -0.2) is 49.9 Å². The minimum Gasteiger partial charge on any atom is -0.457 e. The summed E-state index contributed by atoms with van der Waals surface area (Å²) in [7, 11) is -4.28. The molecule has 2 atom stereocenters. The van der Waals surface area contributed by atoms with Crippen LogP contribution in [0, 0.1) is 0 Å². The molecule has 0 aromatic heterocycles. The van der Waals surface area contributed by atoms with Crippen molar-refractivity contribution in [3.05, 3.63) is 48.6 Å². The van der Waals surface area contributed by atoms with Crippen molar-refractivity contribution >= 4 is 13.8 Å². The summed E-state index contributed by atoms with van der Waals surface area (Å²) in [6.07, 6.45) is 51.5. The molecular formula is C46H86NO7P. The Morgan fingerprint density at radius 1 is 0.545 bits per heavy atom. The van der Waals surface area contributed by atoms with Crippen molar-refractivity contribution in [2.24, 2.45) is 5.73 Å². The molecule has 0 radical (unpaired) electrons. The van der Waals surface area contributed by atoms with Gasteiger partial charge >= 0.3 is 13.8 Å². The number of hydrogen-bond donors (Lipinski definition) is 2. The number of rotatable bonds is 43. The molecule has 0 aromatic carbocycles. The van der Waals surface area contributed by atoms with E-state index in [0.29, 0.717) is 13.0 Å². The Bertz CT molecular complexity index is 983. The Morgan fingerprint density at radius 2 is 1.00 bits per heavy atom. The second-order valence-electron chi connectivity index (χ2n) is 14.9. The van der Waals surface area contributed by atoms with E-state index in [9.17, 15) is 14.3 Å². The topological polar surface area (TPSA) is 117 Å². The van der Waals surface area contributed by atoms with Crippen LogP contribution >= 0.6 is 7.82 Å². The zero-order valence-corrected chi connectivity index (χ0v) is 36.6. The highest BCUT2D eigenvalue weighted by molar-refractivity contribution is 7.47. The molecule has 2 unspecified atom stereocenters. The van der Waals surface area contributed by atoms with E-state index < -0.39 is 13.9 Å². The fourth-order valence-corrected chi connectivity index (χ4v) is 6.89. The van der Waals surface area contributed by atoms with Gasteiger partial charge in [0.1, 0.15) is 6.10 Å². The van der Waals surface area contributed by atoms with Crippen molar-refractivity contribution in [1.82, 2.24) is 0 Å². The highest BCUT2D eigenvalue weighted by Gasteiger charge is 2.25. The molecule has 0 fully saturated rings. The van der Waals surface area contributed by atoms with Crippen molar-refractivity contribution < 1.29 is 32.8 Å². The maximum atomic E-state index is 12.5. The van der Waals surface area contributed by atoms with Crippen molar-refractivity contribution in [3.8, 4) is 0 Å². The molecule has 0 aliphatic rings. The average molecular weight is 796 g/mol. The van der Waals surface area contributed by atoms with Gasteiger partial charge in [-0.05, 0) is 70.6 Å². The summed E-state index contributed by atoms with van der Waals surface area (Å²) >= 11 is 0. The van der Waals surface area contributed by atoms with Gasteiger partial charge in [-0.2, -0.15) is 0 Å². The van der Waals surface area contributed by atoms with Gasteiger partial charge < -0.3 is 20.1 Å². The molecule has 0 heterocycles. The number of esters is 1. The standard InChI is InChI=1S/C46H86NO7P/c1-3-5-7-9-11-13-15-16-17-18-19-20-21-22-23-24-25-26-27-28-29-30-32-34-36-38-41-51-43-45(44-53-55(49,50)52-42-40-47)54-46(48)39-37-35-33-31-14-12-10-8-6-4-2/h8,10,15-16,18-19,21-22,45H,3-7,9,11-14,17,20,23-44,47H2,1-2H3,(H,49,50)/b10-8-,16-15-,19-18-,22-21-. The largest absolute Gasteiger partial charge is 0.472 e. The molecule has 0 bridgehead atoms. The Hall–Kier alpha value is -1.54. The summed E-state index contributed by atoms with van der Waals surface area (Å²) in [5, 5.41) is 0. The molecule has 8 nitrogen and oxygen atoms in total. The Morgan fingerprint density at radius 3 is 1.53 bits per heavy atom. The minimum atomic E-state index is -4.28. The first kappa shape index (κ1) is 53.5. The second kappa shape index (κ2) is 43.6. The van der Waals surface area contributed by atoms with E-state index in [0.717, 1.165) is 64.2 Å². The van der Waals surface area contributed by atoms with Gasteiger partial charge in [-0.25, -0.2) is 4.57 Å². The molecule has 0 rings (SSSR count). The zero-order valence-electron chi connectivity index (χ0n) is 35.7. The molecule has 0 amide bonds. The Kier molecular flexibility index (Phi) is 42.4. The number of carbonyl (C=O) groups excluding carboxylic acids is 1. The van der Waals surface area contributed by atoms with Crippen LogP contribution in [0.2, 0.25) is 0 Å². The number of nitrogens with two attached hydrogens (primary N) is 1. The van der Waals surface area contributed by atoms with Crippen LogP contribution in [0.15, 0.2) is 48.6 Å². The van der Waals surface area contributed by atoms with Gasteiger partial charge in [0, 0.05) is 19.6 Å². The number of allylic oxidation sites excluding steroid dienone is 8. The number of hydrogen-bond acceptors (Lipinski definition) is 7. The van der Waals surface area contributed by atoms with Crippen molar-refractivity contribution in [3.63, 3.8) is 0 Å². The van der Waals surface area contributed by atoms with Crippen LogP contribution in [0.4, 0.5) is 0 Å². The Balaban J connectivity index is 3.89. The van der Waals surface area contributed by atoms with E-state index in [4.69, 9.17) is 24.3 Å². The molecule has 9 heteroatoms. The van der Waals surface area contributed by atoms with E-state index >= 15 is 0 Å². The van der Waals surface area contributed by atoms with E-state index in [1.165, 1.54) is 116 Å². The van der Waals surface area contributed by atoms with Crippen LogP contribution in [-0.2, 0) is 27.9 Å². The minimum absolute atomic E-state index is 0.0974. The maximum absolute atomic E-state index is 12.5. The summed E-state index contributed by atoms with van der Waals surface area (Å²) in [4.78, 5) is 22.4. The number of phosphoric acid groups is 1. The molecule has 0 aliphatic heterocycles. The molecule has 0 aliphatic carbocycles. The summed E-state index contributed by atoms with van der Waals surface area (Å²) in [5.41, 5.74) is 5.36. The van der Waals surface area contributed by atoms with Gasteiger partial charge in [-0.3, -0.25) is 13.8 Å². The first-order valence-electron chi connectivity index (χ1n) is 22.6. The smallest absolute Gasteiger partial charge is 0.457 e. The monoisotopic (exact) mass is 796 g/mol. The third-order valence-corrected chi connectivity index (χ3v) is 10.4. The molecule has 0 saturated carbocycles.